The molecule has 1 atom stereocenters. The highest BCUT2D eigenvalue weighted by atomic mass is 32.1. The lowest BCUT2D eigenvalue weighted by Crippen LogP contribution is -2.16. The van der Waals surface area contributed by atoms with Crippen molar-refractivity contribution in [2.75, 3.05) is 49.8 Å². The summed E-state index contributed by atoms with van der Waals surface area (Å²) in [6.07, 6.45) is 1.77. The number of aromatic nitrogens is 3. The summed E-state index contributed by atoms with van der Waals surface area (Å²) in [7, 11) is 1.64. The van der Waals surface area contributed by atoms with Crippen molar-refractivity contribution in [3.63, 3.8) is 0 Å². The van der Waals surface area contributed by atoms with E-state index in [2.05, 4.69) is 27.5 Å². The zero-order valence-electron chi connectivity index (χ0n) is 16.8. The van der Waals surface area contributed by atoms with Gasteiger partial charge in [0.05, 0.1) is 22.4 Å². The van der Waals surface area contributed by atoms with Crippen LogP contribution in [0.4, 0.5) is 17.6 Å². The topological polar surface area (TPSA) is 118 Å². The number of methoxy groups -OCH3 is 1. The third-order valence-corrected chi connectivity index (χ3v) is 5.77. The van der Waals surface area contributed by atoms with Crippen LogP contribution in [0, 0.1) is 5.92 Å². The average Bonchev–Trinajstić information content (AvgIpc) is 3.14. The molecule has 0 radical (unpaired) electrons. The summed E-state index contributed by atoms with van der Waals surface area (Å²) in [5.41, 5.74) is 7.96. The number of hydrogen-bond acceptors (Lipinski definition) is 9. The molecule has 8 nitrogen and oxygen atoms in total. The summed E-state index contributed by atoms with van der Waals surface area (Å²) in [4.78, 5) is 13.8. The van der Waals surface area contributed by atoms with Crippen molar-refractivity contribution >= 4 is 39.1 Å². The fraction of sp³-hybridized carbons (Fsp3) is 0.450. The lowest BCUT2D eigenvalue weighted by Gasteiger charge is -2.16. The Morgan fingerprint density at radius 2 is 2.00 bits per heavy atom. The van der Waals surface area contributed by atoms with E-state index >= 15 is 0 Å². The smallest absolute Gasteiger partial charge is 0.226 e. The molecule has 0 bridgehead atoms. The standard InChI is InChI=1S/C20H28N6O2S/c1-3-13(12-27)8-9-22-18-16(17(21)25-20(26-18)23-10-11-28-2)19-24-14-6-4-5-7-15(14)29-19/h4-7,13,27H,3,8-12H2,1-2H3,(H4,21,22,23,25,26). The average molecular weight is 417 g/mol. The number of benzene rings is 1. The Hall–Kier alpha value is -2.49. The number of nitrogen functional groups attached to an aromatic ring is 1. The van der Waals surface area contributed by atoms with Crippen LogP contribution in [0.3, 0.4) is 0 Å². The third-order valence-electron chi connectivity index (χ3n) is 4.71. The Bertz CT molecular complexity index is 895. The lowest BCUT2D eigenvalue weighted by atomic mass is 10.0. The zero-order chi connectivity index (χ0) is 20.6. The van der Waals surface area contributed by atoms with Crippen molar-refractivity contribution in [1.82, 2.24) is 15.0 Å². The SMILES string of the molecule is CCC(CO)CCNc1nc(NCCOC)nc(N)c1-c1nc2ccccc2s1. The molecule has 1 aromatic carbocycles. The molecule has 29 heavy (non-hydrogen) atoms. The molecule has 156 valence electrons. The Kier molecular flexibility index (Phi) is 7.56. The molecule has 9 heteroatoms. The maximum absolute atomic E-state index is 9.44. The Morgan fingerprint density at radius 1 is 1.17 bits per heavy atom. The van der Waals surface area contributed by atoms with Crippen LogP contribution in [0.2, 0.25) is 0 Å². The largest absolute Gasteiger partial charge is 0.396 e. The van der Waals surface area contributed by atoms with Crippen molar-refractivity contribution in [1.29, 1.82) is 0 Å². The summed E-state index contributed by atoms with van der Waals surface area (Å²) < 4.78 is 6.15. The molecule has 0 saturated heterocycles. The first kappa shape index (κ1) is 21.2. The van der Waals surface area contributed by atoms with E-state index in [1.54, 1.807) is 18.4 Å². The van der Waals surface area contributed by atoms with E-state index in [0.29, 0.717) is 42.8 Å². The highest BCUT2D eigenvalue weighted by Gasteiger charge is 2.18. The molecule has 0 aliphatic heterocycles. The van der Waals surface area contributed by atoms with Crippen LogP contribution < -0.4 is 16.4 Å². The lowest BCUT2D eigenvalue weighted by molar-refractivity contribution is 0.210. The van der Waals surface area contributed by atoms with Gasteiger partial charge in [-0.3, -0.25) is 0 Å². The molecule has 3 aromatic rings. The van der Waals surface area contributed by atoms with Gasteiger partial charge in [0.15, 0.2) is 0 Å². The molecular weight excluding hydrogens is 388 g/mol. The van der Waals surface area contributed by atoms with Crippen molar-refractivity contribution in [2.24, 2.45) is 5.92 Å². The van der Waals surface area contributed by atoms with Crippen LogP contribution in [0.15, 0.2) is 24.3 Å². The van der Waals surface area contributed by atoms with Gasteiger partial charge in [0.25, 0.3) is 0 Å². The van der Waals surface area contributed by atoms with Gasteiger partial charge in [0.1, 0.15) is 16.6 Å². The summed E-state index contributed by atoms with van der Waals surface area (Å²) in [5, 5.41) is 16.7. The highest BCUT2D eigenvalue weighted by molar-refractivity contribution is 7.21. The van der Waals surface area contributed by atoms with Gasteiger partial charge < -0.3 is 26.2 Å². The number of nitrogens with two attached hydrogens (primary N) is 1. The third kappa shape index (κ3) is 5.31. The summed E-state index contributed by atoms with van der Waals surface area (Å²) in [5.74, 6) is 1.72. The number of para-hydroxylation sites is 1. The Labute approximate surface area is 174 Å². The van der Waals surface area contributed by atoms with E-state index in [0.717, 1.165) is 28.1 Å². The van der Waals surface area contributed by atoms with Gasteiger partial charge >= 0.3 is 0 Å². The number of anilines is 3. The van der Waals surface area contributed by atoms with E-state index in [1.165, 1.54) is 0 Å². The normalized spacial score (nSPS) is 12.2. The maximum atomic E-state index is 9.44. The highest BCUT2D eigenvalue weighted by Crippen LogP contribution is 2.37. The molecule has 2 heterocycles. The monoisotopic (exact) mass is 416 g/mol. The van der Waals surface area contributed by atoms with Gasteiger partial charge in [-0.25, -0.2) is 4.98 Å². The number of aliphatic hydroxyl groups is 1. The van der Waals surface area contributed by atoms with Crippen molar-refractivity contribution in [3.8, 4) is 10.6 Å². The number of rotatable bonds is 11. The summed E-state index contributed by atoms with van der Waals surface area (Å²) in [6, 6.07) is 7.97. The van der Waals surface area contributed by atoms with Crippen LogP contribution in [0.25, 0.3) is 20.8 Å². The molecule has 0 fully saturated rings. The quantitative estimate of drug-likeness (QED) is 0.352. The van der Waals surface area contributed by atoms with Crippen LogP contribution in [0.5, 0.6) is 0 Å². The number of aliphatic hydroxyl groups excluding tert-OH is 1. The van der Waals surface area contributed by atoms with Gasteiger partial charge in [-0.2, -0.15) is 9.97 Å². The second-order valence-corrected chi connectivity index (χ2v) is 7.77. The minimum atomic E-state index is 0.179. The fourth-order valence-electron chi connectivity index (χ4n) is 2.96. The van der Waals surface area contributed by atoms with Crippen LogP contribution >= 0.6 is 11.3 Å². The Morgan fingerprint density at radius 3 is 2.72 bits per heavy atom. The van der Waals surface area contributed by atoms with E-state index in [9.17, 15) is 5.11 Å². The van der Waals surface area contributed by atoms with Crippen molar-refractivity contribution < 1.29 is 9.84 Å². The molecule has 2 aromatic heterocycles. The molecular formula is C20H28N6O2S. The van der Waals surface area contributed by atoms with Crippen molar-refractivity contribution in [2.45, 2.75) is 19.8 Å². The van der Waals surface area contributed by atoms with Gasteiger partial charge in [-0.05, 0) is 24.5 Å². The predicted octanol–water partition coefficient (Wildman–Crippen LogP) is 3.21. The number of thiazole rings is 1. The van der Waals surface area contributed by atoms with Gasteiger partial charge in [0, 0.05) is 26.8 Å². The van der Waals surface area contributed by atoms with Gasteiger partial charge in [0.2, 0.25) is 5.95 Å². The van der Waals surface area contributed by atoms with E-state index in [1.807, 2.05) is 24.3 Å². The first-order chi connectivity index (χ1) is 14.2. The second kappa shape index (κ2) is 10.3. The summed E-state index contributed by atoms with van der Waals surface area (Å²) >= 11 is 1.56. The van der Waals surface area contributed by atoms with Crippen LogP contribution in [-0.4, -0.2) is 53.5 Å². The number of nitrogens with one attached hydrogen (secondary N) is 2. The van der Waals surface area contributed by atoms with Gasteiger partial charge in [-0.1, -0.05) is 25.5 Å². The number of hydrogen-bond donors (Lipinski definition) is 4. The zero-order valence-corrected chi connectivity index (χ0v) is 17.6. The molecule has 0 aliphatic carbocycles. The summed E-state index contributed by atoms with van der Waals surface area (Å²) in [6.45, 7) is 4.05. The molecule has 0 spiro atoms. The van der Waals surface area contributed by atoms with E-state index in [-0.39, 0.29) is 12.5 Å². The molecule has 3 rings (SSSR count). The fourth-order valence-corrected chi connectivity index (χ4v) is 3.98. The molecule has 0 aliphatic rings. The van der Waals surface area contributed by atoms with Gasteiger partial charge in [-0.15, -0.1) is 11.3 Å². The van der Waals surface area contributed by atoms with E-state index in [4.69, 9.17) is 15.5 Å². The van der Waals surface area contributed by atoms with Crippen LogP contribution in [0.1, 0.15) is 19.8 Å². The minimum absolute atomic E-state index is 0.179. The predicted molar refractivity (Wildman–Crippen MR) is 119 cm³/mol. The van der Waals surface area contributed by atoms with Crippen LogP contribution in [-0.2, 0) is 4.74 Å². The molecule has 0 saturated carbocycles. The number of fused-ring (bicyclic) bond motifs is 1. The molecule has 5 N–H and O–H groups in total. The molecule has 0 amide bonds. The van der Waals surface area contributed by atoms with E-state index < -0.39 is 0 Å². The first-order valence-electron chi connectivity index (χ1n) is 9.77. The molecule has 1 unspecified atom stereocenters. The number of ether oxygens (including phenoxy) is 1. The second-order valence-electron chi connectivity index (χ2n) is 6.73. The Balaban J connectivity index is 1.91. The van der Waals surface area contributed by atoms with Crippen molar-refractivity contribution in [3.05, 3.63) is 24.3 Å². The maximum Gasteiger partial charge on any atom is 0.226 e. The number of nitrogens with zero attached hydrogens (tertiary/aromatic N) is 3. The first-order valence-corrected chi connectivity index (χ1v) is 10.6. The minimum Gasteiger partial charge on any atom is -0.396 e.